The van der Waals surface area contributed by atoms with Gasteiger partial charge in [-0.1, -0.05) is 15.9 Å². The average molecular weight is 407 g/mol. The van der Waals surface area contributed by atoms with Gasteiger partial charge in [0.15, 0.2) is 0 Å². The third-order valence-electron chi connectivity index (χ3n) is 3.15. The Morgan fingerprint density at radius 2 is 2.29 bits per heavy atom. The Labute approximate surface area is 154 Å². The van der Waals surface area contributed by atoms with Gasteiger partial charge >= 0.3 is 0 Å². The van der Waals surface area contributed by atoms with E-state index in [4.69, 9.17) is 10.00 Å². The fraction of sp³-hybridized carbons (Fsp3) is 0.353. The molecule has 1 heterocycles. The largest absolute Gasteiger partial charge is 0.493 e. The predicted octanol–water partition coefficient (Wildman–Crippen LogP) is 5.12. The first kappa shape index (κ1) is 18.4. The second-order valence-corrected chi connectivity index (χ2v) is 6.94. The van der Waals surface area contributed by atoms with Gasteiger partial charge in [0.2, 0.25) is 5.13 Å². The second kappa shape index (κ2) is 10.1. The van der Waals surface area contributed by atoms with Crippen LogP contribution in [0.3, 0.4) is 0 Å². The van der Waals surface area contributed by atoms with Crippen molar-refractivity contribution in [1.82, 2.24) is 4.98 Å². The number of halogens is 1. The first-order valence-corrected chi connectivity index (χ1v) is 9.37. The molecule has 0 atom stereocenters. The highest BCUT2D eigenvalue weighted by molar-refractivity contribution is 9.10. The molecule has 1 aromatic heterocycles. The quantitative estimate of drug-likeness (QED) is 0.356. The van der Waals surface area contributed by atoms with Gasteiger partial charge in [0.05, 0.1) is 24.6 Å². The zero-order valence-corrected chi connectivity index (χ0v) is 15.9. The van der Waals surface area contributed by atoms with Gasteiger partial charge in [-0.25, -0.2) is 4.98 Å². The smallest absolute Gasteiger partial charge is 0.203 e. The molecular weight excluding hydrogens is 388 g/mol. The summed E-state index contributed by atoms with van der Waals surface area (Å²) in [5.41, 5.74) is 4.79. The Morgan fingerprint density at radius 1 is 1.42 bits per heavy atom. The highest BCUT2D eigenvalue weighted by Crippen LogP contribution is 2.22. The summed E-state index contributed by atoms with van der Waals surface area (Å²) in [5.74, 6) is 0.791. The van der Waals surface area contributed by atoms with Crippen LogP contribution in [0.4, 0.5) is 5.13 Å². The maximum absolute atomic E-state index is 8.52. The van der Waals surface area contributed by atoms with E-state index in [2.05, 4.69) is 37.5 Å². The van der Waals surface area contributed by atoms with Gasteiger partial charge in [-0.05, 0) is 44.4 Å². The molecule has 1 aromatic carbocycles. The zero-order valence-electron chi connectivity index (χ0n) is 13.5. The topological polar surface area (TPSA) is 70.3 Å². The number of aryl methyl sites for hydroxylation is 1. The Bertz CT molecular complexity index is 724. The van der Waals surface area contributed by atoms with E-state index in [0.29, 0.717) is 13.0 Å². The minimum Gasteiger partial charge on any atom is -0.493 e. The van der Waals surface area contributed by atoms with Gasteiger partial charge in [-0.3, -0.25) is 5.43 Å². The van der Waals surface area contributed by atoms with Crippen LogP contribution in [0.25, 0.3) is 0 Å². The number of hydrazone groups is 1. The van der Waals surface area contributed by atoms with Crippen molar-refractivity contribution in [2.75, 3.05) is 12.0 Å². The molecule has 5 nitrogen and oxygen atoms in total. The summed E-state index contributed by atoms with van der Waals surface area (Å²) in [7, 11) is 0. The van der Waals surface area contributed by atoms with Crippen LogP contribution >= 0.6 is 27.3 Å². The number of unbranched alkanes of at least 4 members (excludes halogenated alkanes) is 3. The first-order valence-electron chi connectivity index (χ1n) is 7.69. The van der Waals surface area contributed by atoms with Crippen LogP contribution in [-0.4, -0.2) is 17.8 Å². The van der Waals surface area contributed by atoms with Crippen molar-refractivity contribution in [1.29, 1.82) is 5.26 Å². The molecule has 0 radical (unpaired) electrons. The minimum atomic E-state index is 0.609. The van der Waals surface area contributed by atoms with Crippen molar-refractivity contribution in [2.24, 2.45) is 5.10 Å². The zero-order chi connectivity index (χ0) is 17.2. The molecule has 126 valence electrons. The molecule has 0 spiro atoms. The Kier molecular flexibility index (Phi) is 7.72. The van der Waals surface area contributed by atoms with Crippen molar-refractivity contribution < 1.29 is 4.74 Å². The molecule has 0 fully saturated rings. The summed E-state index contributed by atoms with van der Waals surface area (Å²) in [6.45, 7) is 2.58. The van der Waals surface area contributed by atoms with E-state index in [0.717, 1.165) is 45.9 Å². The molecular formula is C17H19BrN4OS. The van der Waals surface area contributed by atoms with E-state index in [1.807, 2.05) is 30.5 Å². The molecule has 0 bridgehead atoms. The lowest BCUT2D eigenvalue weighted by Crippen LogP contribution is -2.01. The van der Waals surface area contributed by atoms with Gasteiger partial charge in [0.25, 0.3) is 0 Å². The maximum Gasteiger partial charge on any atom is 0.203 e. The Balaban J connectivity index is 1.90. The van der Waals surface area contributed by atoms with Gasteiger partial charge in [0.1, 0.15) is 5.75 Å². The van der Waals surface area contributed by atoms with E-state index in [1.54, 1.807) is 6.21 Å². The number of hydrogen-bond acceptors (Lipinski definition) is 6. The van der Waals surface area contributed by atoms with Crippen molar-refractivity contribution >= 4 is 38.6 Å². The molecule has 0 aliphatic heterocycles. The molecule has 24 heavy (non-hydrogen) atoms. The third-order valence-corrected chi connectivity index (χ3v) is 4.50. The molecule has 2 aromatic rings. The first-order chi connectivity index (χ1) is 11.7. The van der Waals surface area contributed by atoms with Crippen LogP contribution in [-0.2, 0) is 0 Å². The van der Waals surface area contributed by atoms with Gasteiger partial charge in [0, 0.05) is 21.8 Å². The summed E-state index contributed by atoms with van der Waals surface area (Å²) in [6.07, 6.45) is 5.19. The number of aromatic nitrogens is 1. The summed E-state index contributed by atoms with van der Waals surface area (Å²) >= 11 is 4.98. The number of anilines is 1. The Morgan fingerprint density at radius 3 is 3.04 bits per heavy atom. The maximum atomic E-state index is 8.52. The van der Waals surface area contributed by atoms with Gasteiger partial charge < -0.3 is 4.74 Å². The van der Waals surface area contributed by atoms with Crippen LogP contribution in [0.2, 0.25) is 0 Å². The lowest BCUT2D eigenvalue weighted by Gasteiger charge is -2.09. The molecule has 7 heteroatoms. The average Bonchev–Trinajstić information content (AvgIpc) is 2.98. The molecule has 2 rings (SSSR count). The molecule has 0 amide bonds. The second-order valence-electron chi connectivity index (χ2n) is 5.16. The fourth-order valence-corrected chi connectivity index (χ4v) is 2.99. The standard InChI is InChI=1S/C17H19BrN4OS/c1-13-12-24-17(21-13)22-20-11-14-10-15(18)6-7-16(14)23-9-5-3-2-4-8-19/h6-7,10-12H,2-5,9H2,1H3,(H,21,22). The van der Waals surface area contributed by atoms with Crippen molar-refractivity contribution in [3.8, 4) is 11.8 Å². The molecule has 0 saturated carbocycles. The lowest BCUT2D eigenvalue weighted by atomic mass is 10.2. The van der Waals surface area contributed by atoms with E-state index < -0.39 is 0 Å². The van der Waals surface area contributed by atoms with Crippen molar-refractivity contribution in [3.05, 3.63) is 39.3 Å². The molecule has 0 aliphatic carbocycles. The number of benzene rings is 1. The van der Waals surface area contributed by atoms with Gasteiger partial charge in [-0.15, -0.1) is 11.3 Å². The van der Waals surface area contributed by atoms with Crippen LogP contribution < -0.4 is 10.2 Å². The SMILES string of the molecule is Cc1csc(NN=Cc2cc(Br)ccc2OCCCCCC#N)n1. The fourth-order valence-electron chi connectivity index (χ4n) is 1.98. The van der Waals surface area contributed by atoms with E-state index >= 15 is 0 Å². The molecule has 1 N–H and O–H groups in total. The monoisotopic (exact) mass is 406 g/mol. The number of hydrogen-bond donors (Lipinski definition) is 1. The summed E-state index contributed by atoms with van der Waals surface area (Å²) in [4.78, 5) is 4.30. The van der Waals surface area contributed by atoms with Crippen molar-refractivity contribution in [2.45, 2.75) is 32.6 Å². The number of nitrogens with one attached hydrogen (secondary N) is 1. The van der Waals surface area contributed by atoms with Crippen LogP contribution in [0, 0.1) is 18.3 Å². The summed E-state index contributed by atoms with van der Waals surface area (Å²) < 4.78 is 6.81. The molecule has 0 aliphatic rings. The third kappa shape index (κ3) is 6.30. The summed E-state index contributed by atoms with van der Waals surface area (Å²) in [5, 5.41) is 15.5. The van der Waals surface area contributed by atoms with Crippen LogP contribution in [0.1, 0.15) is 36.9 Å². The minimum absolute atomic E-state index is 0.609. The Hall–Kier alpha value is -1.91. The number of nitrogens with zero attached hydrogens (tertiary/aromatic N) is 3. The number of ether oxygens (including phenoxy) is 1. The number of thiazole rings is 1. The summed E-state index contributed by atoms with van der Waals surface area (Å²) in [6, 6.07) is 7.99. The molecule has 0 saturated heterocycles. The highest BCUT2D eigenvalue weighted by atomic mass is 79.9. The van der Waals surface area contributed by atoms with E-state index in [1.165, 1.54) is 11.3 Å². The predicted molar refractivity (Wildman–Crippen MR) is 102 cm³/mol. The highest BCUT2D eigenvalue weighted by Gasteiger charge is 2.03. The van der Waals surface area contributed by atoms with E-state index in [-0.39, 0.29) is 0 Å². The van der Waals surface area contributed by atoms with Gasteiger partial charge in [-0.2, -0.15) is 10.4 Å². The van der Waals surface area contributed by atoms with Crippen molar-refractivity contribution in [3.63, 3.8) is 0 Å². The normalized spacial score (nSPS) is 10.7. The number of nitriles is 1. The lowest BCUT2D eigenvalue weighted by molar-refractivity contribution is 0.305. The molecule has 0 unspecified atom stereocenters. The van der Waals surface area contributed by atoms with Crippen LogP contribution in [0.5, 0.6) is 5.75 Å². The van der Waals surface area contributed by atoms with Crippen LogP contribution in [0.15, 0.2) is 33.2 Å². The van der Waals surface area contributed by atoms with E-state index in [9.17, 15) is 0 Å². The number of rotatable bonds is 9.